The Morgan fingerprint density at radius 2 is 1.69 bits per heavy atom. The summed E-state index contributed by atoms with van der Waals surface area (Å²) in [6.07, 6.45) is 6.29. The van der Waals surface area contributed by atoms with Crippen molar-refractivity contribution in [1.82, 2.24) is 25.3 Å². The minimum atomic E-state index is -1.08. The molecule has 310 valence electrons. The number of halogens is 2. The number of rotatable bonds is 17. The molecule has 0 unspecified atom stereocenters. The molecule has 1 amide bonds. The molecule has 2 heterocycles. The van der Waals surface area contributed by atoms with Crippen LogP contribution in [0.1, 0.15) is 55.2 Å². The zero-order valence-electron chi connectivity index (χ0n) is 33.2. The Morgan fingerprint density at radius 3 is 2.42 bits per heavy atom. The van der Waals surface area contributed by atoms with E-state index in [1.54, 1.807) is 13.2 Å². The lowest BCUT2D eigenvalue weighted by Gasteiger charge is -2.30. The molecule has 1 saturated heterocycles. The highest BCUT2D eigenvalue weighted by Gasteiger charge is 2.27. The summed E-state index contributed by atoms with van der Waals surface area (Å²) >= 11 is 14.2. The number of benzene rings is 4. The Kier molecular flexibility index (Phi) is 13.4. The summed E-state index contributed by atoms with van der Waals surface area (Å²) < 4.78 is 13.5. The Hall–Kier alpha value is -5.14. The van der Waals surface area contributed by atoms with Gasteiger partial charge in [0, 0.05) is 71.3 Å². The van der Waals surface area contributed by atoms with Crippen LogP contribution >= 0.6 is 23.2 Å². The number of aliphatic carboxylic acids is 2. The summed E-state index contributed by atoms with van der Waals surface area (Å²) in [6.45, 7) is 2.36. The maximum atomic E-state index is 11.6. The Labute approximate surface area is 353 Å². The zero-order chi connectivity index (χ0) is 41.6. The smallest absolute Gasteiger partial charge is 0.341 e. The van der Waals surface area contributed by atoms with Gasteiger partial charge in [-0.3, -0.25) is 14.3 Å². The summed E-state index contributed by atoms with van der Waals surface area (Å²) in [6, 6.07) is 21.8. The first kappa shape index (κ1) is 42.0. The molecule has 1 aromatic heterocycles. The van der Waals surface area contributed by atoms with E-state index in [0.717, 1.165) is 81.4 Å². The van der Waals surface area contributed by atoms with Gasteiger partial charge in [-0.15, -0.1) is 0 Å². The van der Waals surface area contributed by atoms with Gasteiger partial charge in [0.2, 0.25) is 5.91 Å². The number of hydrogen-bond donors (Lipinski definition) is 4. The van der Waals surface area contributed by atoms with Crippen molar-refractivity contribution in [3.05, 3.63) is 99.7 Å². The van der Waals surface area contributed by atoms with E-state index in [-0.39, 0.29) is 17.9 Å². The maximum absolute atomic E-state index is 11.6. The molecule has 4 N–H and O–H groups in total. The van der Waals surface area contributed by atoms with E-state index in [2.05, 4.69) is 15.5 Å². The van der Waals surface area contributed by atoms with Gasteiger partial charge in [0.1, 0.15) is 11.5 Å². The summed E-state index contributed by atoms with van der Waals surface area (Å²) in [5.74, 6) is -0.413. The highest BCUT2D eigenvalue weighted by Crippen LogP contribution is 2.41. The van der Waals surface area contributed by atoms with Crippen LogP contribution in [0.25, 0.3) is 33.2 Å². The quantitative estimate of drug-likeness (QED) is 0.0727. The lowest BCUT2D eigenvalue weighted by molar-refractivity contribution is -0.143. The molecule has 5 aromatic rings. The van der Waals surface area contributed by atoms with E-state index in [9.17, 15) is 24.6 Å². The number of fused-ring (bicyclic) bond motifs is 1. The molecule has 1 aliphatic carbocycles. The van der Waals surface area contributed by atoms with Gasteiger partial charge in [0.15, 0.2) is 6.61 Å². The molecule has 59 heavy (non-hydrogen) atoms. The average Bonchev–Trinajstić information content (AvgIpc) is 3.84. The van der Waals surface area contributed by atoms with Gasteiger partial charge in [0.05, 0.1) is 36.3 Å². The lowest BCUT2D eigenvalue weighted by Crippen LogP contribution is -2.35. The molecule has 0 spiro atoms. The number of ether oxygens (including phenoxy) is 2. The average molecular weight is 843 g/mol. The summed E-state index contributed by atoms with van der Waals surface area (Å²) in [5, 5.41) is 32.0. The molecular formula is C45H49Cl2N5O7. The SMILES string of the molecule is COc1cc(-c2cccc(-c3cccc4c3cnn4Cc3cc(OCC(=O)O)c(CN(C)CC4CCC(C(=O)O)CC4)cc3Cl)c2Cl)ccc1CNC[C@@H]1CCC(=O)N1. The zero-order valence-corrected chi connectivity index (χ0v) is 34.7. The van der Waals surface area contributed by atoms with Gasteiger partial charge in [-0.25, -0.2) is 4.79 Å². The number of carboxylic acids is 2. The van der Waals surface area contributed by atoms with Gasteiger partial charge in [-0.1, -0.05) is 65.7 Å². The van der Waals surface area contributed by atoms with E-state index in [1.807, 2.05) is 78.6 Å². The molecule has 1 atom stereocenters. The fraction of sp³-hybridized carbons (Fsp3) is 0.378. The van der Waals surface area contributed by atoms with Crippen molar-refractivity contribution in [3.8, 4) is 33.8 Å². The monoisotopic (exact) mass is 841 g/mol. The third kappa shape index (κ3) is 10.0. The fourth-order valence-corrected chi connectivity index (χ4v) is 8.98. The van der Waals surface area contributed by atoms with Crippen LogP contribution in [0, 0.1) is 11.8 Å². The van der Waals surface area contributed by atoms with Crippen LogP contribution in [0.5, 0.6) is 11.5 Å². The second kappa shape index (κ2) is 18.8. The Balaban J connectivity index is 1.09. The van der Waals surface area contributed by atoms with E-state index in [1.165, 1.54) is 0 Å². The molecule has 0 radical (unpaired) electrons. The number of aromatic nitrogens is 2. The molecule has 2 fully saturated rings. The molecule has 1 saturated carbocycles. The van der Waals surface area contributed by atoms with Gasteiger partial charge < -0.3 is 35.2 Å². The van der Waals surface area contributed by atoms with E-state index in [0.29, 0.717) is 67.2 Å². The van der Waals surface area contributed by atoms with Crippen molar-refractivity contribution in [2.24, 2.45) is 11.8 Å². The first-order chi connectivity index (χ1) is 28.5. The molecule has 2 aliphatic rings. The number of carbonyl (C=O) groups is 3. The van der Waals surface area contributed by atoms with Gasteiger partial charge in [-0.2, -0.15) is 5.10 Å². The molecular weight excluding hydrogens is 793 g/mol. The van der Waals surface area contributed by atoms with E-state index in [4.69, 9.17) is 37.8 Å². The summed E-state index contributed by atoms with van der Waals surface area (Å²) in [7, 11) is 3.65. The predicted molar refractivity (Wildman–Crippen MR) is 228 cm³/mol. The van der Waals surface area contributed by atoms with Crippen LogP contribution in [0.4, 0.5) is 0 Å². The van der Waals surface area contributed by atoms with Gasteiger partial charge in [-0.05, 0) is 86.0 Å². The summed E-state index contributed by atoms with van der Waals surface area (Å²) in [4.78, 5) is 36.7. The molecule has 1 aliphatic heterocycles. The molecule has 12 nitrogen and oxygen atoms in total. The molecule has 4 aromatic carbocycles. The van der Waals surface area contributed by atoms with Gasteiger partial charge >= 0.3 is 11.9 Å². The van der Waals surface area contributed by atoms with Crippen molar-refractivity contribution >= 4 is 52.0 Å². The largest absolute Gasteiger partial charge is 0.496 e. The second-order valence-corrected chi connectivity index (χ2v) is 16.4. The van der Waals surface area contributed by atoms with Crippen LogP contribution in [0.15, 0.2) is 72.9 Å². The topological polar surface area (TPSA) is 155 Å². The highest BCUT2D eigenvalue weighted by molar-refractivity contribution is 6.36. The van der Waals surface area contributed by atoms with Crippen LogP contribution in [-0.4, -0.2) is 82.6 Å². The molecule has 7 rings (SSSR count). The highest BCUT2D eigenvalue weighted by atomic mass is 35.5. The number of methoxy groups -OCH3 is 1. The number of nitrogens with one attached hydrogen (secondary N) is 2. The fourth-order valence-electron chi connectivity index (χ4n) is 8.40. The number of carbonyl (C=O) groups excluding carboxylic acids is 1. The van der Waals surface area contributed by atoms with Crippen molar-refractivity contribution in [3.63, 3.8) is 0 Å². The van der Waals surface area contributed by atoms with Crippen molar-refractivity contribution in [2.75, 3.05) is 33.9 Å². The number of carboxylic acid groups (broad SMARTS) is 2. The second-order valence-electron chi connectivity index (χ2n) is 15.7. The minimum absolute atomic E-state index is 0.0987. The van der Waals surface area contributed by atoms with E-state index >= 15 is 0 Å². The van der Waals surface area contributed by atoms with Gasteiger partial charge in [0.25, 0.3) is 0 Å². The number of nitrogens with zero attached hydrogens (tertiary/aromatic N) is 3. The van der Waals surface area contributed by atoms with Crippen molar-refractivity contribution < 1.29 is 34.1 Å². The first-order valence-electron chi connectivity index (χ1n) is 19.9. The first-order valence-corrected chi connectivity index (χ1v) is 20.7. The number of hydrogen-bond acceptors (Lipinski definition) is 8. The molecule has 14 heteroatoms. The Morgan fingerprint density at radius 1 is 0.932 bits per heavy atom. The van der Waals surface area contributed by atoms with E-state index < -0.39 is 18.5 Å². The lowest BCUT2D eigenvalue weighted by atomic mass is 9.82. The third-order valence-corrected chi connectivity index (χ3v) is 12.2. The number of amides is 1. The predicted octanol–water partition coefficient (Wildman–Crippen LogP) is 7.89. The third-order valence-electron chi connectivity index (χ3n) is 11.5. The van der Waals surface area contributed by atoms with Crippen LogP contribution in [0.2, 0.25) is 10.0 Å². The maximum Gasteiger partial charge on any atom is 0.341 e. The van der Waals surface area contributed by atoms with Crippen molar-refractivity contribution in [2.45, 2.75) is 64.2 Å². The Bertz CT molecular complexity index is 2340. The van der Waals surface area contributed by atoms with Crippen molar-refractivity contribution in [1.29, 1.82) is 0 Å². The normalized spacial score (nSPS) is 18.0. The standard InChI is InChI=1S/C45H49Cl2N5O7/c1-51(23-27-9-11-28(12-10-27)45(56)57)24-32-17-38(46)31(19-41(32)59-26-43(54)55)25-52-39-8-4-6-35(37(39)22-49-52)36-7-3-5-34(44(36)47)29-13-14-30(40(18-29)58-2)20-48-21-33-15-16-42(53)50-33/h3-8,13-14,17-19,22,27-28,33,48H,9-12,15-16,20-21,23-26H2,1-2H3,(H,50,53)(H,54,55)(H,56,57)/t27?,28?,33-/m0/s1. The minimum Gasteiger partial charge on any atom is -0.496 e. The van der Waals surface area contributed by atoms with Crippen LogP contribution in [-0.2, 0) is 34.0 Å². The van der Waals surface area contributed by atoms with Crippen LogP contribution in [0.3, 0.4) is 0 Å². The summed E-state index contributed by atoms with van der Waals surface area (Å²) in [5.41, 5.74) is 6.89. The molecule has 0 bridgehead atoms. The van der Waals surface area contributed by atoms with Crippen LogP contribution < -0.4 is 20.1 Å².